The van der Waals surface area contributed by atoms with E-state index in [0.29, 0.717) is 63.5 Å². The summed E-state index contributed by atoms with van der Waals surface area (Å²) in [5, 5.41) is 21.5. The third-order valence-corrected chi connectivity index (χ3v) is 18.2. The van der Waals surface area contributed by atoms with Crippen LogP contribution in [0.15, 0.2) is 58.6 Å². The van der Waals surface area contributed by atoms with Gasteiger partial charge in [-0.05, 0) is 100 Å². The zero-order valence-corrected chi connectivity index (χ0v) is 53.4. The number of unbranched alkanes of at least 4 members (excludes halogenated alkanes) is 2. The topological polar surface area (TPSA) is 272 Å². The number of ether oxygens (including phenoxy) is 5. The summed E-state index contributed by atoms with van der Waals surface area (Å²) in [6.45, 7) is 11.4. The highest BCUT2D eigenvalue weighted by atomic mass is 79.9. The smallest absolute Gasteiger partial charge is 0.412 e. The number of primary amides is 1. The summed E-state index contributed by atoms with van der Waals surface area (Å²) in [5.41, 5.74) is 6.20. The third-order valence-electron chi connectivity index (χ3n) is 15.4. The van der Waals surface area contributed by atoms with Gasteiger partial charge in [-0.1, -0.05) is 116 Å². The number of carbonyl (C=O) groups excluding carboxylic acids is 8. The van der Waals surface area contributed by atoms with Crippen LogP contribution in [0.2, 0.25) is 5.02 Å². The Labute approximate surface area is 511 Å². The number of nitrogens with one attached hydrogen (secondary N) is 3. The number of fused-ring (bicyclic) bond motifs is 5. The molecule has 3 aliphatic rings. The molecule has 3 heterocycles. The van der Waals surface area contributed by atoms with Crippen molar-refractivity contribution in [1.29, 1.82) is 0 Å². The molecule has 2 aromatic rings. The summed E-state index contributed by atoms with van der Waals surface area (Å²) >= 11 is 17.0. The molecule has 82 heavy (non-hydrogen) atoms. The van der Waals surface area contributed by atoms with Crippen LogP contribution in [-0.2, 0) is 65.3 Å². The number of hydrogen-bond acceptors (Lipinski definition) is 14. The van der Waals surface area contributed by atoms with Gasteiger partial charge < -0.3 is 50.1 Å². The van der Waals surface area contributed by atoms with Gasteiger partial charge in [0.05, 0.1) is 48.2 Å². The Bertz CT molecular complexity index is 2710. The van der Waals surface area contributed by atoms with E-state index in [1.165, 1.54) is 12.0 Å². The highest BCUT2D eigenvalue weighted by Crippen LogP contribution is 2.50. The number of carbonyl (C=O) groups is 8. The lowest BCUT2D eigenvalue weighted by atomic mass is 9.78. The second kappa shape index (κ2) is 31.4. The van der Waals surface area contributed by atoms with Crippen LogP contribution in [0, 0.1) is 30.6 Å². The van der Waals surface area contributed by atoms with Crippen molar-refractivity contribution >= 4 is 118 Å². The molecule has 5 rings (SSSR count). The highest BCUT2D eigenvalue weighted by molar-refractivity contribution is 9.10. The summed E-state index contributed by atoms with van der Waals surface area (Å²) in [6.07, 6.45) is 3.03. The second-order valence-electron chi connectivity index (χ2n) is 22.3. The van der Waals surface area contributed by atoms with Gasteiger partial charge in [0.1, 0.15) is 35.3 Å². The van der Waals surface area contributed by atoms with Gasteiger partial charge in [0, 0.05) is 79.0 Å². The maximum absolute atomic E-state index is 14.4. The number of amides is 5. The highest BCUT2D eigenvalue weighted by Gasteiger charge is 2.64. The zero-order valence-electron chi connectivity index (χ0n) is 47.9. The Morgan fingerprint density at radius 2 is 1.74 bits per heavy atom. The minimum atomic E-state index is -1.63. The molecule has 3 aliphatic heterocycles. The number of nitrogens with two attached hydrogens (primary N) is 1. The predicted octanol–water partition coefficient (Wildman–Crippen LogP) is 9.47. The van der Waals surface area contributed by atoms with Crippen molar-refractivity contribution in [2.24, 2.45) is 29.4 Å². The van der Waals surface area contributed by atoms with E-state index in [-0.39, 0.29) is 93.2 Å². The first-order chi connectivity index (χ1) is 38.7. The largest absolute Gasteiger partial charge is 0.465 e. The number of allylic oxidation sites excluding steroid dienone is 3. The molecule has 2 fully saturated rings. The molecular weight excluding hydrogens is 1280 g/mol. The van der Waals surface area contributed by atoms with E-state index < -0.39 is 83.4 Å². The Kier molecular flexibility index (Phi) is 26.1. The van der Waals surface area contributed by atoms with Crippen molar-refractivity contribution in [3.8, 4) is 0 Å². The molecule has 4 bridgehead atoms. The Morgan fingerprint density at radius 1 is 1.02 bits per heavy atom. The summed E-state index contributed by atoms with van der Waals surface area (Å²) in [6, 6.07) is 6.81. The first-order valence-corrected chi connectivity index (χ1v) is 31.1. The number of aryl methyl sites for hydroxylation is 1. The van der Waals surface area contributed by atoms with Gasteiger partial charge in [0.25, 0.3) is 0 Å². The first kappa shape index (κ1) is 68.1. The number of esters is 2. The van der Waals surface area contributed by atoms with Crippen LogP contribution >= 0.6 is 59.4 Å². The summed E-state index contributed by atoms with van der Waals surface area (Å²) in [7, 11) is 3.05. The number of Topliss-reactive ketones (excluding diaryl/α,β-unsaturated/α-hetero) is 2. The number of epoxide rings is 1. The maximum Gasteiger partial charge on any atom is 0.412 e. The fourth-order valence-electron chi connectivity index (χ4n) is 10.4. The minimum absolute atomic E-state index is 0.0155. The molecule has 0 saturated carbocycles. The van der Waals surface area contributed by atoms with Crippen molar-refractivity contribution < 1.29 is 67.1 Å². The number of alkyl halides is 2. The van der Waals surface area contributed by atoms with E-state index in [0.717, 1.165) is 16.7 Å². The van der Waals surface area contributed by atoms with E-state index >= 15 is 0 Å². The number of aliphatic hydroxyl groups is 1. The lowest BCUT2D eigenvalue weighted by molar-refractivity contribution is -0.187. The predicted molar refractivity (Wildman–Crippen MR) is 322 cm³/mol. The van der Waals surface area contributed by atoms with E-state index in [2.05, 4.69) is 63.7 Å². The lowest BCUT2D eigenvalue weighted by Gasteiger charge is -2.41. The molecule has 0 aromatic heterocycles. The fraction of sp³-hybridized carbons (Fsp3) is 0.593. The van der Waals surface area contributed by atoms with Crippen LogP contribution in [0.4, 0.5) is 21.0 Å². The Hall–Kier alpha value is -4.71. The van der Waals surface area contributed by atoms with Crippen LogP contribution in [0.25, 0.3) is 0 Å². The number of benzene rings is 2. The van der Waals surface area contributed by atoms with Gasteiger partial charge in [-0.2, -0.15) is 0 Å². The van der Waals surface area contributed by atoms with Crippen LogP contribution in [-0.4, -0.2) is 132 Å². The number of ketones is 2. The van der Waals surface area contributed by atoms with Gasteiger partial charge in [-0.3, -0.25) is 34.1 Å². The molecule has 6 N–H and O–H groups in total. The number of urea groups is 1. The number of rotatable bonds is 24. The molecule has 23 heteroatoms. The summed E-state index contributed by atoms with van der Waals surface area (Å²) in [5.74, 6) is -4.06. The third kappa shape index (κ3) is 19.2. The summed E-state index contributed by atoms with van der Waals surface area (Å²) < 4.78 is 29.8. The number of methoxy groups -OCH3 is 1. The van der Waals surface area contributed by atoms with Gasteiger partial charge in [-0.25, -0.2) is 9.59 Å². The molecule has 0 spiro atoms. The molecule has 2 aromatic carbocycles. The minimum Gasteiger partial charge on any atom is -0.465 e. The summed E-state index contributed by atoms with van der Waals surface area (Å²) in [4.78, 5) is 108. The number of nitrogens with zero attached hydrogens (tertiary/aromatic N) is 1. The molecule has 5 amide bonds. The maximum atomic E-state index is 14.4. The molecule has 0 unspecified atom stereocenters. The average molecular weight is 1360 g/mol. The van der Waals surface area contributed by atoms with Crippen molar-refractivity contribution in [3.05, 3.63) is 80.3 Å². The van der Waals surface area contributed by atoms with E-state index in [1.54, 1.807) is 51.2 Å². The van der Waals surface area contributed by atoms with E-state index in [9.17, 15) is 43.5 Å². The average Bonchev–Trinajstić information content (AvgIpc) is 2.10. The number of hydrogen-bond donors (Lipinski definition) is 5. The standard InChI is InChI=1S/C59H79Br3ClN5O14/c1-33(2)42(27-41(69)15-10-9-11-21-79-55(74)39(31-60)32-61)54(73)67-44(16-13-20-65-56(64)75)46(70)25-38-18-19-40(26-43(38)62)66-57(76)81-49-28-50(71)68(7)45-24-37(23-35(4)52(45)63)22-34(3)14-12-17-48(78-8)59(77)29-47(80-51(72)30-59)36(5)53-58(49,6)82-53/h12,14,17-19,23-24,26,33,36,39,42,44,47-49,53,77H,9-11,13,15-16,20-22,25,27-32H2,1-8H3,(H,66,76)(H,67,73)(H3,64,65,75)/b17-12+,34-14+/t36-,42+,44+,47+,48-,49+,53+,58+,59-/m1/s1. The molecule has 452 valence electrons. The number of halogens is 4. The molecule has 0 aliphatic carbocycles. The van der Waals surface area contributed by atoms with Gasteiger partial charge in [0.2, 0.25) is 11.8 Å². The van der Waals surface area contributed by atoms with E-state index in [1.807, 2.05) is 45.9 Å². The molecule has 9 atom stereocenters. The fourth-order valence-corrected chi connectivity index (χ4v) is 12.8. The lowest BCUT2D eigenvalue weighted by Crippen LogP contribution is -2.53. The van der Waals surface area contributed by atoms with Crippen molar-refractivity contribution in [2.75, 3.05) is 48.2 Å². The van der Waals surface area contributed by atoms with Crippen molar-refractivity contribution in [1.82, 2.24) is 10.6 Å². The second-order valence-corrected chi connectivity index (χ2v) is 24.8. The SMILES string of the molecule is CO[C@@H]1/C=C/C=C(\C)Cc2cc(C)c(Cl)c(c2)N(C)C(=O)C[C@H](OC(=O)Nc2ccc(CC(=O)[C@H](CCCNC(N)=O)NC(=O)[C@@H](CC(=O)CCCCCOC(=O)C(CBr)CBr)C(C)C)c(Br)c2)[C@]2(C)O[C@H]2[C@H](C)[C@@H]2C[C@@]1(O)CC(=O)O2. The van der Waals surface area contributed by atoms with Crippen LogP contribution < -0.4 is 26.6 Å². The van der Waals surface area contributed by atoms with Crippen molar-refractivity contribution in [3.63, 3.8) is 0 Å². The van der Waals surface area contributed by atoms with Gasteiger partial charge in [0.15, 0.2) is 5.78 Å². The Balaban J connectivity index is 1.30. The first-order valence-electron chi connectivity index (χ1n) is 27.7. The molecule has 0 radical (unpaired) electrons. The van der Waals surface area contributed by atoms with Gasteiger partial charge >= 0.3 is 24.1 Å². The molecular formula is C59H79Br3ClN5O14. The molecule has 19 nitrogen and oxygen atoms in total. The van der Waals surface area contributed by atoms with Crippen LogP contribution in [0.1, 0.15) is 116 Å². The number of anilines is 2. The quantitative estimate of drug-likeness (QED) is 0.0215. The molecule has 2 saturated heterocycles. The zero-order chi connectivity index (χ0) is 60.6. The van der Waals surface area contributed by atoms with Crippen molar-refractivity contribution in [2.45, 2.75) is 160 Å². The van der Waals surface area contributed by atoms with E-state index in [4.69, 9.17) is 41.0 Å². The normalized spacial score (nSPS) is 24.7. The Morgan fingerprint density at radius 3 is 2.40 bits per heavy atom. The van der Waals surface area contributed by atoms with Gasteiger partial charge in [-0.15, -0.1) is 0 Å². The monoisotopic (exact) mass is 1350 g/mol. The van der Waals surface area contributed by atoms with Crippen LogP contribution in [0.3, 0.4) is 0 Å². The van der Waals surface area contributed by atoms with Crippen LogP contribution in [0.5, 0.6) is 0 Å².